The zero-order chi connectivity index (χ0) is 33.7. The number of rotatable bonds is 18. The predicted octanol–water partition coefficient (Wildman–Crippen LogP) is 11.8. The summed E-state index contributed by atoms with van der Waals surface area (Å²) in [5.74, 6) is 4.39. The van der Waals surface area contributed by atoms with Crippen molar-refractivity contribution in [3.8, 4) is 11.5 Å². The van der Waals surface area contributed by atoms with Gasteiger partial charge in [-0.05, 0) is 87.8 Å². The highest BCUT2D eigenvalue weighted by Crippen LogP contribution is 2.45. The van der Waals surface area contributed by atoms with Crippen molar-refractivity contribution >= 4 is 26.3 Å². The van der Waals surface area contributed by atoms with Gasteiger partial charge in [-0.25, -0.2) is 0 Å². The molecule has 0 N–H and O–H groups in total. The van der Waals surface area contributed by atoms with E-state index in [1.807, 2.05) is 0 Å². The van der Waals surface area contributed by atoms with Gasteiger partial charge in [0.05, 0.1) is 0 Å². The molecule has 1 heterocycles. The van der Waals surface area contributed by atoms with Gasteiger partial charge in [0, 0.05) is 32.2 Å². The van der Waals surface area contributed by atoms with Crippen molar-refractivity contribution in [2.75, 3.05) is 39.5 Å². The third-order valence-electron chi connectivity index (χ3n) is 8.76. The Balaban J connectivity index is 0.00000123. The Morgan fingerprint density at radius 3 is 1.80 bits per heavy atom. The SMILES string of the molecule is CP(C)(=O)OCCl.Cc1c(C)c2c(c(C)c1OCOP(C)(C)=O)CCC(C)(CCCC(C)CCCC(C)CCCC(C)C)O2. The van der Waals surface area contributed by atoms with Crippen LogP contribution in [-0.2, 0) is 24.6 Å². The van der Waals surface area contributed by atoms with Crippen LogP contribution in [0.4, 0.5) is 0 Å². The number of halogens is 1. The minimum Gasteiger partial charge on any atom is -0.487 e. The molecule has 1 aromatic rings. The van der Waals surface area contributed by atoms with Gasteiger partial charge in [-0.15, -0.1) is 0 Å². The van der Waals surface area contributed by atoms with Crippen molar-refractivity contribution in [1.29, 1.82) is 0 Å². The van der Waals surface area contributed by atoms with E-state index in [4.69, 9.17) is 25.6 Å². The quantitative estimate of drug-likeness (QED) is 0.0874. The molecule has 258 valence electrons. The Hall–Kier alpha value is -0.510. The number of hydrogen-bond acceptors (Lipinski definition) is 6. The van der Waals surface area contributed by atoms with Crippen molar-refractivity contribution < 1.29 is 27.7 Å². The Morgan fingerprint density at radius 2 is 1.32 bits per heavy atom. The van der Waals surface area contributed by atoms with Gasteiger partial charge in [-0.1, -0.05) is 84.2 Å². The van der Waals surface area contributed by atoms with Gasteiger partial charge in [0.2, 0.25) is 0 Å². The maximum atomic E-state index is 11.9. The van der Waals surface area contributed by atoms with E-state index in [-0.39, 0.29) is 18.5 Å². The number of alkyl halides is 1. The smallest absolute Gasteiger partial charge is 0.200 e. The van der Waals surface area contributed by atoms with E-state index in [2.05, 4.69) is 59.9 Å². The molecule has 1 aliphatic heterocycles. The Kier molecular flexibility index (Phi) is 18.3. The van der Waals surface area contributed by atoms with E-state index in [1.165, 1.54) is 70.3 Å². The monoisotopic (exact) mass is 678 g/mol. The Labute approximate surface area is 276 Å². The van der Waals surface area contributed by atoms with Crippen LogP contribution in [0.2, 0.25) is 0 Å². The van der Waals surface area contributed by atoms with E-state index in [1.54, 1.807) is 13.3 Å². The number of ether oxygens (including phenoxy) is 2. The van der Waals surface area contributed by atoms with Crippen molar-refractivity contribution in [3.63, 3.8) is 0 Å². The first-order valence-electron chi connectivity index (χ1n) is 16.7. The summed E-state index contributed by atoms with van der Waals surface area (Å²) in [5.41, 5.74) is 4.50. The number of benzene rings is 1. The molecule has 0 radical (unpaired) electrons. The van der Waals surface area contributed by atoms with Crippen molar-refractivity contribution in [2.45, 2.75) is 132 Å². The van der Waals surface area contributed by atoms with E-state index in [0.717, 1.165) is 65.2 Å². The molecule has 0 bridgehead atoms. The van der Waals surface area contributed by atoms with Crippen LogP contribution in [0.25, 0.3) is 0 Å². The topological polar surface area (TPSA) is 71.1 Å². The molecular weight excluding hydrogens is 614 g/mol. The first-order chi connectivity index (χ1) is 20.3. The normalized spacial score (nSPS) is 18.2. The standard InChI is InChI=1S/C32H57O4P.C3H8ClO2P/c1-23(2)14-11-15-24(3)16-12-17-25(4)18-13-20-32(8)21-19-29-28(7)30(34-22-35-37(9,10)33)26(5)27(6)31(29)36-32;1-7(2,5)6-3-4/h23-25H,11-22H2,1-10H3;3H2,1-2H3. The second-order valence-electron chi connectivity index (χ2n) is 14.6. The molecule has 0 fully saturated rings. The second kappa shape index (κ2) is 19.3. The molecule has 0 saturated carbocycles. The molecule has 3 atom stereocenters. The third-order valence-corrected chi connectivity index (χ3v) is 10.5. The summed E-state index contributed by atoms with van der Waals surface area (Å²) < 4.78 is 45.0. The molecule has 2 rings (SSSR count). The summed E-state index contributed by atoms with van der Waals surface area (Å²) in [6.07, 6.45) is 13.9. The fourth-order valence-corrected chi connectivity index (χ4v) is 7.05. The minimum atomic E-state index is -2.57. The molecule has 0 aromatic heterocycles. The zero-order valence-corrected chi connectivity index (χ0v) is 32.7. The summed E-state index contributed by atoms with van der Waals surface area (Å²) in [4.78, 5) is 0. The zero-order valence-electron chi connectivity index (χ0n) is 30.1. The van der Waals surface area contributed by atoms with Gasteiger partial charge in [0.25, 0.3) is 0 Å². The molecule has 44 heavy (non-hydrogen) atoms. The van der Waals surface area contributed by atoms with Gasteiger partial charge >= 0.3 is 0 Å². The Morgan fingerprint density at radius 1 is 0.795 bits per heavy atom. The minimum absolute atomic E-state index is 0.0119. The lowest BCUT2D eigenvalue weighted by Gasteiger charge is -2.38. The van der Waals surface area contributed by atoms with Crippen LogP contribution in [0.1, 0.15) is 121 Å². The van der Waals surface area contributed by atoms with Crippen LogP contribution in [0, 0.1) is 38.5 Å². The maximum absolute atomic E-state index is 11.9. The molecule has 0 saturated heterocycles. The van der Waals surface area contributed by atoms with Gasteiger partial charge in [-0.3, -0.25) is 13.7 Å². The lowest BCUT2D eigenvalue weighted by molar-refractivity contribution is 0.0507. The molecule has 1 aliphatic rings. The van der Waals surface area contributed by atoms with Crippen molar-refractivity contribution in [2.24, 2.45) is 17.8 Å². The fourth-order valence-electron chi connectivity index (χ4n) is 5.81. The van der Waals surface area contributed by atoms with Gasteiger partial charge in [-0.2, -0.15) is 0 Å². The summed E-state index contributed by atoms with van der Waals surface area (Å²) in [5, 5.41) is 0. The molecule has 6 nitrogen and oxygen atoms in total. The average Bonchev–Trinajstić information content (AvgIpc) is 2.88. The first kappa shape index (κ1) is 41.5. The Bertz CT molecular complexity index is 1100. The summed E-state index contributed by atoms with van der Waals surface area (Å²) in [6, 6.07) is 0.0181. The molecule has 3 unspecified atom stereocenters. The molecule has 1 aromatic carbocycles. The highest BCUT2D eigenvalue weighted by molar-refractivity contribution is 7.57. The molecule has 0 spiro atoms. The summed E-state index contributed by atoms with van der Waals surface area (Å²) in [6.45, 7) is 24.4. The third kappa shape index (κ3) is 16.4. The highest BCUT2D eigenvalue weighted by atomic mass is 35.5. The maximum Gasteiger partial charge on any atom is 0.200 e. The average molecular weight is 679 g/mol. The summed E-state index contributed by atoms with van der Waals surface area (Å²) >= 11 is 5.09. The van der Waals surface area contributed by atoms with Crippen molar-refractivity contribution in [1.82, 2.24) is 0 Å². The van der Waals surface area contributed by atoms with E-state index in [9.17, 15) is 9.13 Å². The predicted molar refractivity (Wildman–Crippen MR) is 190 cm³/mol. The van der Waals surface area contributed by atoms with Crippen LogP contribution in [0.3, 0.4) is 0 Å². The second-order valence-corrected chi connectivity index (χ2v) is 20.3. The molecule has 0 aliphatic carbocycles. The molecule has 0 amide bonds. The van der Waals surface area contributed by atoms with Crippen LogP contribution >= 0.6 is 26.3 Å². The van der Waals surface area contributed by atoms with Crippen LogP contribution in [0.15, 0.2) is 0 Å². The van der Waals surface area contributed by atoms with E-state index < -0.39 is 14.7 Å². The first-order valence-corrected chi connectivity index (χ1v) is 22.2. The van der Waals surface area contributed by atoms with Crippen LogP contribution < -0.4 is 9.47 Å². The van der Waals surface area contributed by atoms with Crippen molar-refractivity contribution in [3.05, 3.63) is 22.3 Å². The largest absolute Gasteiger partial charge is 0.487 e. The lowest BCUT2D eigenvalue weighted by Crippen LogP contribution is -2.37. The number of hydrogen-bond donors (Lipinski definition) is 0. The highest BCUT2D eigenvalue weighted by Gasteiger charge is 2.34. The van der Waals surface area contributed by atoms with Crippen LogP contribution in [-0.4, -0.2) is 45.1 Å². The van der Waals surface area contributed by atoms with Gasteiger partial charge < -0.3 is 14.0 Å². The van der Waals surface area contributed by atoms with E-state index >= 15 is 0 Å². The fraction of sp³-hybridized carbons (Fsp3) is 0.829. The molecular formula is C35H65ClO6P2. The van der Waals surface area contributed by atoms with E-state index in [0.29, 0.717) is 0 Å². The van der Waals surface area contributed by atoms with Gasteiger partial charge in [0.1, 0.15) is 23.2 Å². The summed E-state index contributed by atoms with van der Waals surface area (Å²) in [7, 11) is -4.87. The number of fused-ring (bicyclic) bond motifs is 1. The van der Waals surface area contributed by atoms with Gasteiger partial charge in [0.15, 0.2) is 21.5 Å². The lowest BCUT2D eigenvalue weighted by atomic mass is 9.83. The van der Waals surface area contributed by atoms with Crippen LogP contribution in [0.5, 0.6) is 11.5 Å². The molecule has 9 heteroatoms.